The molecule has 1 aliphatic heterocycles. The molecule has 0 bridgehead atoms. The van der Waals surface area contributed by atoms with Gasteiger partial charge in [0.25, 0.3) is 0 Å². The number of nitrogens with zero attached hydrogens (tertiary/aromatic N) is 5. The molecule has 1 fully saturated rings. The molecule has 10 heteroatoms. The van der Waals surface area contributed by atoms with Gasteiger partial charge >= 0.3 is 0 Å². The number of piperidine rings is 1. The number of phenolic OH excluding ortho intramolecular Hbond substituents is 1. The monoisotopic (exact) mass is 453 g/mol. The highest BCUT2D eigenvalue weighted by Crippen LogP contribution is 2.34. The minimum atomic E-state index is -1.13. The number of aromatic hydroxyl groups is 1. The van der Waals surface area contributed by atoms with Crippen LogP contribution in [0.2, 0.25) is 0 Å². The molecule has 0 spiro atoms. The maximum absolute atomic E-state index is 15.0. The molecular formula is C23H28FN7O2. The van der Waals surface area contributed by atoms with E-state index >= 15 is 4.39 Å². The first-order valence-corrected chi connectivity index (χ1v) is 10.7. The van der Waals surface area contributed by atoms with Crippen LogP contribution in [0.25, 0.3) is 22.5 Å². The Morgan fingerprint density at radius 1 is 1.09 bits per heavy atom. The third kappa shape index (κ3) is 4.85. The molecule has 3 N–H and O–H groups in total. The van der Waals surface area contributed by atoms with Crippen LogP contribution in [-0.4, -0.2) is 60.7 Å². The lowest BCUT2D eigenvalue weighted by Gasteiger charge is -2.48. The van der Waals surface area contributed by atoms with Crippen molar-refractivity contribution < 1.29 is 14.2 Å². The number of anilines is 1. The minimum Gasteiger partial charge on any atom is -0.507 e. The summed E-state index contributed by atoms with van der Waals surface area (Å²) in [5.41, 5.74) is 1.25. The van der Waals surface area contributed by atoms with Gasteiger partial charge in [-0.3, -0.25) is 0 Å². The maximum atomic E-state index is 15.0. The summed E-state index contributed by atoms with van der Waals surface area (Å²) in [5, 5.41) is 25.3. The summed E-state index contributed by atoms with van der Waals surface area (Å²) >= 11 is 0. The molecule has 4 rings (SSSR count). The van der Waals surface area contributed by atoms with Crippen LogP contribution in [0.4, 0.5) is 10.3 Å². The van der Waals surface area contributed by atoms with Gasteiger partial charge in [0.05, 0.1) is 25.0 Å². The van der Waals surface area contributed by atoms with E-state index in [0.717, 1.165) is 0 Å². The van der Waals surface area contributed by atoms with Gasteiger partial charge in [0.2, 0.25) is 11.8 Å². The Morgan fingerprint density at radius 3 is 2.55 bits per heavy atom. The van der Waals surface area contributed by atoms with Crippen LogP contribution >= 0.6 is 0 Å². The zero-order chi connectivity index (χ0) is 23.8. The Labute approximate surface area is 191 Å². The average molecular weight is 454 g/mol. The first kappa shape index (κ1) is 22.8. The van der Waals surface area contributed by atoms with E-state index < -0.39 is 17.8 Å². The highest BCUT2D eigenvalue weighted by Gasteiger charge is 2.46. The molecule has 33 heavy (non-hydrogen) atoms. The smallest absolute Gasteiger partial charge is 0.243 e. The molecule has 2 aromatic heterocycles. The number of ether oxygens (including phenoxy) is 1. The standard InChI is InChI=1S/C23H28FN7O2/c1-22(2)10-16(20(24)23(3,4)31-22)28-21-25-11-17(29-30-21)14-7-6-13(8-18(14)32)15-9-19(33-5)27-12-26-15/h6-9,11-12,16,20,31-32H,10H2,1-5H3,(H,25,28,30). The molecule has 1 saturated heterocycles. The average Bonchev–Trinajstić information content (AvgIpc) is 2.77. The zero-order valence-corrected chi connectivity index (χ0v) is 19.3. The fourth-order valence-electron chi connectivity index (χ4n) is 4.42. The van der Waals surface area contributed by atoms with Crippen molar-refractivity contribution in [2.75, 3.05) is 12.4 Å². The molecule has 2 unspecified atom stereocenters. The largest absolute Gasteiger partial charge is 0.507 e. The van der Waals surface area contributed by atoms with Gasteiger partial charge in [-0.2, -0.15) is 0 Å². The first-order chi connectivity index (χ1) is 15.6. The van der Waals surface area contributed by atoms with Crippen molar-refractivity contribution >= 4 is 5.95 Å². The predicted octanol–water partition coefficient (Wildman–Crippen LogP) is 3.38. The van der Waals surface area contributed by atoms with E-state index in [-0.39, 0.29) is 17.2 Å². The van der Waals surface area contributed by atoms with Gasteiger partial charge in [-0.05, 0) is 46.2 Å². The third-order valence-electron chi connectivity index (χ3n) is 5.73. The minimum absolute atomic E-state index is 0.00700. The summed E-state index contributed by atoms with van der Waals surface area (Å²) in [6.07, 6.45) is 2.33. The highest BCUT2D eigenvalue weighted by atomic mass is 19.1. The molecule has 3 aromatic rings. The van der Waals surface area contributed by atoms with Crippen LogP contribution in [0.5, 0.6) is 11.6 Å². The maximum Gasteiger partial charge on any atom is 0.243 e. The Hall–Kier alpha value is -3.40. The first-order valence-electron chi connectivity index (χ1n) is 10.7. The Bertz CT molecular complexity index is 1140. The second kappa shape index (κ2) is 8.51. The lowest BCUT2D eigenvalue weighted by Crippen LogP contribution is -2.67. The number of methoxy groups -OCH3 is 1. The van der Waals surface area contributed by atoms with E-state index in [0.29, 0.717) is 34.8 Å². The van der Waals surface area contributed by atoms with Crippen LogP contribution in [0.15, 0.2) is 36.8 Å². The summed E-state index contributed by atoms with van der Waals surface area (Å²) in [5.74, 6) is 0.675. The summed E-state index contributed by atoms with van der Waals surface area (Å²) in [6.45, 7) is 7.78. The molecule has 1 aromatic carbocycles. The van der Waals surface area contributed by atoms with Crippen LogP contribution in [0.3, 0.4) is 0 Å². The quantitative estimate of drug-likeness (QED) is 0.534. The van der Waals surface area contributed by atoms with Crippen molar-refractivity contribution in [2.45, 2.75) is 57.4 Å². The third-order valence-corrected chi connectivity index (χ3v) is 5.73. The van der Waals surface area contributed by atoms with Gasteiger partial charge in [-0.15, -0.1) is 10.2 Å². The number of nitrogens with one attached hydrogen (secondary N) is 2. The number of rotatable bonds is 5. The number of hydrogen-bond acceptors (Lipinski definition) is 9. The number of alkyl halides is 1. The number of halogens is 1. The van der Waals surface area contributed by atoms with Crippen molar-refractivity contribution in [3.63, 3.8) is 0 Å². The molecule has 0 amide bonds. The summed E-state index contributed by atoms with van der Waals surface area (Å²) in [4.78, 5) is 12.5. The van der Waals surface area contributed by atoms with Gasteiger partial charge in [-0.1, -0.05) is 6.07 Å². The second-order valence-corrected chi connectivity index (χ2v) is 9.43. The molecule has 0 aliphatic carbocycles. The van der Waals surface area contributed by atoms with E-state index in [1.807, 2.05) is 27.7 Å². The fraction of sp³-hybridized carbons (Fsp3) is 0.435. The van der Waals surface area contributed by atoms with Gasteiger partial charge < -0.3 is 20.5 Å². The van der Waals surface area contributed by atoms with Crippen molar-refractivity contribution in [1.29, 1.82) is 0 Å². The molecule has 2 atom stereocenters. The normalized spacial score (nSPS) is 21.4. The molecule has 3 heterocycles. The topological polar surface area (TPSA) is 118 Å². The number of hydrogen-bond donors (Lipinski definition) is 3. The van der Waals surface area contributed by atoms with E-state index in [9.17, 15) is 5.11 Å². The van der Waals surface area contributed by atoms with Crippen molar-refractivity contribution in [1.82, 2.24) is 30.5 Å². The summed E-state index contributed by atoms with van der Waals surface area (Å²) in [6, 6.07) is 6.32. The molecule has 0 saturated carbocycles. The summed E-state index contributed by atoms with van der Waals surface area (Å²) < 4.78 is 20.1. The molecule has 174 valence electrons. The Balaban J connectivity index is 1.52. The molecular weight excluding hydrogens is 425 g/mol. The number of aromatic nitrogens is 5. The van der Waals surface area contributed by atoms with Gasteiger partial charge in [0.15, 0.2) is 0 Å². The van der Waals surface area contributed by atoms with E-state index in [1.54, 1.807) is 24.3 Å². The zero-order valence-electron chi connectivity index (χ0n) is 19.3. The van der Waals surface area contributed by atoms with E-state index in [1.165, 1.54) is 19.6 Å². The van der Waals surface area contributed by atoms with Crippen molar-refractivity contribution in [2.24, 2.45) is 0 Å². The molecule has 0 radical (unpaired) electrons. The SMILES string of the molecule is COc1cc(-c2ccc(-c3cnc(NC4CC(C)(C)NC(C)(C)C4F)nn3)c(O)c2)ncn1. The van der Waals surface area contributed by atoms with Crippen molar-refractivity contribution in [3.05, 3.63) is 36.8 Å². The lowest BCUT2D eigenvalue weighted by atomic mass is 9.78. The van der Waals surface area contributed by atoms with Crippen LogP contribution < -0.4 is 15.4 Å². The molecule has 9 nitrogen and oxygen atoms in total. The van der Waals surface area contributed by atoms with Crippen LogP contribution in [-0.2, 0) is 0 Å². The van der Waals surface area contributed by atoms with E-state index in [2.05, 4.69) is 35.8 Å². The van der Waals surface area contributed by atoms with Gasteiger partial charge in [0.1, 0.15) is 23.9 Å². The molecule has 1 aliphatic rings. The summed E-state index contributed by atoms with van der Waals surface area (Å²) in [7, 11) is 1.53. The number of benzene rings is 1. The predicted molar refractivity (Wildman–Crippen MR) is 123 cm³/mol. The Kier molecular flexibility index (Phi) is 5.87. The van der Waals surface area contributed by atoms with E-state index in [4.69, 9.17) is 4.74 Å². The second-order valence-electron chi connectivity index (χ2n) is 9.43. The van der Waals surface area contributed by atoms with Crippen LogP contribution in [0, 0.1) is 0 Å². The van der Waals surface area contributed by atoms with Gasteiger partial charge in [0, 0.05) is 28.3 Å². The van der Waals surface area contributed by atoms with Crippen molar-refractivity contribution in [3.8, 4) is 34.1 Å². The number of phenols is 1. The van der Waals surface area contributed by atoms with Gasteiger partial charge in [-0.25, -0.2) is 19.3 Å². The fourth-order valence-corrected chi connectivity index (χ4v) is 4.42. The highest BCUT2D eigenvalue weighted by molar-refractivity contribution is 5.72. The Morgan fingerprint density at radius 2 is 1.88 bits per heavy atom. The lowest BCUT2D eigenvalue weighted by molar-refractivity contribution is 0.0654. The van der Waals surface area contributed by atoms with Crippen LogP contribution in [0.1, 0.15) is 34.1 Å².